The molecule has 0 atom stereocenters. The Morgan fingerprint density at radius 3 is 2.48 bits per heavy atom. The molecule has 1 aliphatic carbocycles. The van der Waals surface area contributed by atoms with Crippen LogP contribution in [0.4, 0.5) is 10.5 Å². The van der Waals surface area contributed by atoms with Gasteiger partial charge in [-0.1, -0.05) is 0 Å². The number of hydrogen-bond acceptors (Lipinski definition) is 5. The third kappa shape index (κ3) is 6.16. The summed E-state index contributed by atoms with van der Waals surface area (Å²) in [5.41, 5.74) is 0.751. The highest BCUT2D eigenvalue weighted by Gasteiger charge is 2.27. The Bertz CT molecular complexity index is 975. The van der Waals surface area contributed by atoms with Crippen molar-refractivity contribution in [3.05, 3.63) is 36.0 Å². The molecule has 1 aromatic carbocycles. The van der Waals surface area contributed by atoms with Crippen molar-refractivity contribution in [1.82, 2.24) is 10.3 Å². The van der Waals surface area contributed by atoms with Gasteiger partial charge in [0.1, 0.15) is 5.60 Å². The zero-order chi connectivity index (χ0) is 22.6. The van der Waals surface area contributed by atoms with Gasteiger partial charge < -0.3 is 20.5 Å². The molecule has 31 heavy (non-hydrogen) atoms. The second kappa shape index (κ2) is 9.32. The molecule has 1 aliphatic rings. The predicted molar refractivity (Wildman–Crippen MR) is 117 cm³/mol. The van der Waals surface area contributed by atoms with E-state index in [1.165, 1.54) is 12.3 Å². The summed E-state index contributed by atoms with van der Waals surface area (Å²) in [7, 11) is 0. The van der Waals surface area contributed by atoms with Gasteiger partial charge in [-0.05, 0) is 76.6 Å². The number of amides is 2. The van der Waals surface area contributed by atoms with E-state index in [0.717, 1.165) is 25.7 Å². The summed E-state index contributed by atoms with van der Waals surface area (Å²) in [6.07, 6.45) is 4.21. The number of nitrogens with one attached hydrogen (secondary N) is 2. The van der Waals surface area contributed by atoms with Gasteiger partial charge in [0.05, 0.1) is 11.1 Å². The Labute approximate surface area is 181 Å². The molecule has 1 heterocycles. The van der Waals surface area contributed by atoms with Crippen molar-refractivity contribution in [3.8, 4) is 0 Å². The molecule has 8 heteroatoms. The number of hydrogen-bond donors (Lipinski definition) is 3. The first-order valence-corrected chi connectivity index (χ1v) is 10.5. The summed E-state index contributed by atoms with van der Waals surface area (Å²) in [5.74, 6) is -0.893. The SMILES string of the molecule is CC(C)(C)OC(=O)NCC1CCC(C(=O)Nc2ccc3nccc(C(=O)O)c3c2)CC1. The van der Waals surface area contributed by atoms with E-state index < -0.39 is 17.7 Å². The van der Waals surface area contributed by atoms with E-state index in [0.29, 0.717) is 29.1 Å². The number of aromatic carboxylic acids is 1. The number of carbonyl (C=O) groups is 3. The van der Waals surface area contributed by atoms with Crippen LogP contribution in [0.1, 0.15) is 56.8 Å². The third-order valence-electron chi connectivity index (χ3n) is 5.39. The zero-order valence-electron chi connectivity index (χ0n) is 18.1. The Morgan fingerprint density at radius 2 is 1.84 bits per heavy atom. The van der Waals surface area contributed by atoms with Crippen LogP contribution in [0, 0.1) is 11.8 Å². The van der Waals surface area contributed by atoms with E-state index in [1.807, 2.05) is 20.8 Å². The molecule has 3 N–H and O–H groups in total. The molecule has 1 fully saturated rings. The topological polar surface area (TPSA) is 118 Å². The van der Waals surface area contributed by atoms with Gasteiger partial charge in [-0.25, -0.2) is 9.59 Å². The van der Waals surface area contributed by atoms with E-state index in [1.54, 1.807) is 18.2 Å². The van der Waals surface area contributed by atoms with Gasteiger partial charge in [0.25, 0.3) is 0 Å². The second-order valence-corrected chi connectivity index (χ2v) is 8.99. The quantitative estimate of drug-likeness (QED) is 0.658. The van der Waals surface area contributed by atoms with E-state index in [-0.39, 0.29) is 17.4 Å². The normalized spacial score (nSPS) is 18.9. The maximum atomic E-state index is 12.7. The maximum absolute atomic E-state index is 12.7. The Kier molecular flexibility index (Phi) is 6.77. The predicted octanol–water partition coefficient (Wildman–Crippen LogP) is 4.20. The number of pyridine rings is 1. The van der Waals surface area contributed by atoms with Crippen molar-refractivity contribution in [1.29, 1.82) is 0 Å². The molecule has 8 nitrogen and oxygen atoms in total. The molecule has 3 rings (SSSR count). The first-order chi connectivity index (χ1) is 14.6. The fraction of sp³-hybridized carbons (Fsp3) is 0.478. The molecule has 0 unspecified atom stereocenters. The number of carboxylic acid groups (broad SMARTS) is 1. The fourth-order valence-electron chi connectivity index (χ4n) is 3.83. The monoisotopic (exact) mass is 427 g/mol. The largest absolute Gasteiger partial charge is 0.478 e. The lowest BCUT2D eigenvalue weighted by Gasteiger charge is -2.28. The van der Waals surface area contributed by atoms with Gasteiger partial charge in [0, 0.05) is 29.7 Å². The van der Waals surface area contributed by atoms with E-state index in [4.69, 9.17) is 4.74 Å². The van der Waals surface area contributed by atoms with E-state index in [2.05, 4.69) is 15.6 Å². The highest BCUT2D eigenvalue weighted by molar-refractivity contribution is 6.04. The summed E-state index contributed by atoms with van der Waals surface area (Å²) in [6, 6.07) is 6.54. The lowest BCUT2D eigenvalue weighted by atomic mass is 9.81. The van der Waals surface area contributed by atoms with Crippen LogP contribution in [0.3, 0.4) is 0 Å². The number of nitrogens with zero attached hydrogens (tertiary/aromatic N) is 1. The Morgan fingerprint density at radius 1 is 1.13 bits per heavy atom. The number of alkyl carbamates (subject to hydrolysis) is 1. The molecule has 2 amide bonds. The first kappa shape index (κ1) is 22.5. The van der Waals surface area contributed by atoms with Crippen molar-refractivity contribution in [2.45, 2.75) is 52.1 Å². The van der Waals surface area contributed by atoms with Crippen LogP contribution in [-0.4, -0.2) is 40.2 Å². The zero-order valence-corrected chi connectivity index (χ0v) is 18.1. The lowest BCUT2D eigenvalue weighted by Crippen LogP contribution is -2.37. The average Bonchev–Trinajstić information content (AvgIpc) is 2.70. The molecule has 0 saturated heterocycles. The summed E-state index contributed by atoms with van der Waals surface area (Å²) >= 11 is 0. The highest BCUT2D eigenvalue weighted by Crippen LogP contribution is 2.30. The molecule has 0 aliphatic heterocycles. The second-order valence-electron chi connectivity index (χ2n) is 8.99. The number of carbonyl (C=O) groups excluding carboxylic acids is 2. The molecular formula is C23H29N3O5. The number of rotatable bonds is 5. The van der Waals surface area contributed by atoms with E-state index in [9.17, 15) is 19.5 Å². The van der Waals surface area contributed by atoms with Crippen LogP contribution < -0.4 is 10.6 Å². The molecule has 1 saturated carbocycles. The van der Waals surface area contributed by atoms with Crippen LogP contribution in [0.2, 0.25) is 0 Å². The smallest absolute Gasteiger partial charge is 0.407 e. The Hall–Kier alpha value is -3.16. The first-order valence-electron chi connectivity index (χ1n) is 10.5. The van der Waals surface area contributed by atoms with Crippen LogP contribution in [0.5, 0.6) is 0 Å². The van der Waals surface area contributed by atoms with Crippen molar-refractivity contribution in [2.24, 2.45) is 11.8 Å². The van der Waals surface area contributed by atoms with Gasteiger partial charge in [0.15, 0.2) is 0 Å². The van der Waals surface area contributed by atoms with Gasteiger partial charge in [-0.3, -0.25) is 9.78 Å². The number of anilines is 1. The average molecular weight is 428 g/mol. The van der Waals surface area contributed by atoms with Gasteiger partial charge in [0.2, 0.25) is 5.91 Å². The molecule has 166 valence electrons. The minimum absolute atomic E-state index is 0.0707. The van der Waals surface area contributed by atoms with Crippen molar-refractivity contribution >= 4 is 34.6 Å². The molecule has 2 aromatic rings. The van der Waals surface area contributed by atoms with Crippen LogP contribution in [-0.2, 0) is 9.53 Å². The molecular weight excluding hydrogens is 398 g/mol. The minimum atomic E-state index is -1.03. The molecule has 0 radical (unpaired) electrons. The summed E-state index contributed by atoms with van der Waals surface area (Å²) < 4.78 is 5.25. The number of ether oxygens (including phenoxy) is 1. The van der Waals surface area contributed by atoms with Gasteiger partial charge in [-0.2, -0.15) is 0 Å². The maximum Gasteiger partial charge on any atom is 0.407 e. The number of fused-ring (bicyclic) bond motifs is 1. The van der Waals surface area contributed by atoms with Crippen LogP contribution in [0.25, 0.3) is 10.9 Å². The van der Waals surface area contributed by atoms with Gasteiger partial charge in [-0.15, -0.1) is 0 Å². The van der Waals surface area contributed by atoms with Crippen molar-refractivity contribution in [3.63, 3.8) is 0 Å². The number of carboxylic acids is 1. The Balaban J connectivity index is 1.53. The lowest BCUT2D eigenvalue weighted by molar-refractivity contribution is -0.121. The van der Waals surface area contributed by atoms with Gasteiger partial charge >= 0.3 is 12.1 Å². The van der Waals surface area contributed by atoms with Crippen LogP contribution in [0.15, 0.2) is 30.5 Å². The summed E-state index contributed by atoms with van der Waals surface area (Å²) in [5, 5.41) is 15.6. The minimum Gasteiger partial charge on any atom is -0.478 e. The summed E-state index contributed by atoms with van der Waals surface area (Å²) in [6.45, 7) is 6.01. The fourth-order valence-corrected chi connectivity index (χ4v) is 3.83. The standard InChI is InChI=1S/C23H29N3O5/c1-23(2,3)31-22(30)25-13-14-4-6-15(7-5-14)20(27)26-16-8-9-19-18(12-16)17(21(28)29)10-11-24-19/h8-12,14-15H,4-7,13H2,1-3H3,(H,25,30)(H,26,27)(H,28,29). The molecule has 0 bridgehead atoms. The van der Waals surface area contributed by atoms with Crippen molar-refractivity contribution < 1.29 is 24.2 Å². The highest BCUT2D eigenvalue weighted by atomic mass is 16.6. The van der Waals surface area contributed by atoms with Crippen molar-refractivity contribution in [2.75, 3.05) is 11.9 Å². The van der Waals surface area contributed by atoms with Crippen LogP contribution >= 0.6 is 0 Å². The number of aromatic nitrogens is 1. The third-order valence-corrected chi connectivity index (χ3v) is 5.39. The van der Waals surface area contributed by atoms with E-state index >= 15 is 0 Å². The summed E-state index contributed by atoms with van der Waals surface area (Å²) in [4.78, 5) is 40.1. The number of benzene rings is 1. The molecule has 0 spiro atoms. The molecule has 1 aromatic heterocycles.